The largest absolute Gasteiger partial charge is 0.454 e. The fourth-order valence-corrected chi connectivity index (χ4v) is 3.66. The number of amides is 3. The fraction of sp³-hybridized carbons (Fsp3) is 0.333. The van der Waals surface area contributed by atoms with Gasteiger partial charge in [-0.25, -0.2) is 4.79 Å². The lowest BCUT2D eigenvalue weighted by Crippen LogP contribution is -2.48. The molecular formula is C24H26N2O5. The smallest absolute Gasteiger partial charge is 0.330 e. The molecule has 0 spiro atoms. The van der Waals surface area contributed by atoms with E-state index < -0.39 is 36.3 Å². The van der Waals surface area contributed by atoms with Gasteiger partial charge in [-0.2, -0.15) is 0 Å². The number of nitrogens with one attached hydrogen (secondary N) is 1. The van der Waals surface area contributed by atoms with E-state index in [9.17, 15) is 19.2 Å². The Morgan fingerprint density at radius 1 is 0.968 bits per heavy atom. The lowest BCUT2D eigenvalue weighted by Gasteiger charge is -2.25. The van der Waals surface area contributed by atoms with Gasteiger partial charge >= 0.3 is 5.97 Å². The molecule has 0 fully saturated rings. The minimum atomic E-state index is -1.17. The number of nitrogens with zero attached hydrogens (tertiary/aromatic N) is 1. The van der Waals surface area contributed by atoms with Crippen LogP contribution >= 0.6 is 0 Å². The molecule has 1 N–H and O–H groups in total. The van der Waals surface area contributed by atoms with Crippen LogP contribution in [0.3, 0.4) is 0 Å². The van der Waals surface area contributed by atoms with Crippen LogP contribution in [-0.2, 0) is 20.7 Å². The van der Waals surface area contributed by atoms with Gasteiger partial charge < -0.3 is 10.1 Å². The molecule has 0 bridgehead atoms. The monoisotopic (exact) mass is 422 g/mol. The van der Waals surface area contributed by atoms with Crippen molar-refractivity contribution in [3.05, 3.63) is 71.3 Å². The summed E-state index contributed by atoms with van der Waals surface area (Å²) < 4.78 is 5.23. The van der Waals surface area contributed by atoms with E-state index in [0.717, 1.165) is 23.3 Å². The van der Waals surface area contributed by atoms with Crippen LogP contribution in [0.15, 0.2) is 54.6 Å². The first-order chi connectivity index (χ1) is 14.9. The highest BCUT2D eigenvalue weighted by atomic mass is 16.5. The molecule has 0 aromatic heterocycles. The van der Waals surface area contributed by atoms with Crippen molar-refractivity contribution in [2.24, 2.45) is 0 Å². The highest BCUT2D eigenvalue weighted by molar-refractivity contribution is 6.22. The fourth-order valence-electron chi connectivity index (χ4n) is 3.66. The number of esters is 1. The Morgan fingerprint density at radius 3 is 2.13 bits per heavy atom. The van der Waals surface area contributed by atoms with Gasteiger partial charge in [0, 0.05) is 12.5 Å². The maximum absolute atomic E-state index is 12.9. The second kappa shape index (κ2) is 10.0. The van der Waals surface area contributed by atoms with Gasteiger partial charge in [-0.1, -0.05) is 55.8 Å². The van der Waals surface area contributed by atoms with Gasteiger partial charge in [0.1, 0.15) is 6.04 Å². The Hall–Kier alpha value is -3.48. The van der Waals surface area contributed by atoms with Crippen molar-refractivity contribution in [2.45, 2.75) is 45.2 Å². The van der Waals surface area contributed by atoms with E-state index in [1.54, 1.807) is 36.4 Å². The zero-order valence-corrected chi connectivity index (χ0v) is 17.7. The number of carbonyl (C=O) groups is 4. The average molecular weight is 422 g/mol. The zero-order chi connectivity index (χ0) is 22.4. The van der Waals surface area contributed by atoms with Gasteiger partial charge in [0.2, 0.25) is 0 Å². The Morgan fingerprint density at radius 2 is 1.55 bits per heavy atom. The Labute approximate surface area is 181 Å². The maximum atomic E-state index is 12.9. The molecule has 1 aliphatic rings. The number of fused-ring (bicyclic) bond motifs is 1. The standard InChI is InChI=1S/C24H26N2O5/c1-3-9-16(2)25-21(27)15-31-24(30)20(14-17-10-5-4-6-11-17)26-22(28)18-12-7-8-13-19(18)23(26)29/h4-8,10-13,16,20H,3,9,14-15H2,1-2H3,(H,25,27)/t16-,20-/m0/s1. The number of ether oxygens (including phenoxy) is 1. The van der Waals surface area contributed by atoms with Crippen molar-refractivity contribution in [1.29, 1.82) is 0 Å². The highest BCUT2D eigenvalue weighted by Gasteiger charge is 2.43. The van der Waals surface area contributed by atoms with Crippen LogP contribution in [0.1, 0.15) is 53.0 Å². The summed E-state index contributed by atoms with van der Waals surface area (Å²) >= 11 is 0. The van der Waals surface area contributed by atoms with Crippen LogP contribution in [-0.4, -0.2) is 47.3 Å². The van der Waals surface area contributed by atoms with E-state index in [4.69, 9.17) is 4.74 Å². The van der Waals surface area contributed by atoms with Gasteiger partial charge in [0.05, 0.1) is 11.1 Å². The highest BCUT2D eigenvalue weighted by Crippen LogP contribution is 2.26. The molecule has 3 amide bonds. The van der Waals surface area contributed by atoms with Crippen molar-refractivity contribution < 1.29 is 23.9 Å². The predicted octanol–water partition coefficient (Wildman–Crippen LogP) is 2.74. The first-order valence-electron chi connectivity index (χ1n) is 10.4. The molecule has 1 aliphatic heterocycles. The summed E-state index contributed by atoms with van der Waals surface area (Å²) in [6.45, 7) is 3.42. The molecule has 31 heavy (non-hydrogen) atoms. The van der Waals surface area contributed by atoms with E-state index in [2.05, 4.69) is 5.32 Å². The third-order valence-electron chi connectivity index (χ3n) is 5.16. The summed E-state index contributed by atoms with van der Waals surface area (Å²) in [7, 11) is 0. The van der Waals surface area contributed by atoms with Gasteiger partial charge in [-0.05, 0) is 31.0 Å². The molecule has 2 aromatic carbocycles. The molecule has 162 valence electrons. The molecule has 0 aliphatic carbocycles. The number of hydrogen-bond donors (Lipinski definition) is 1. The van der Waals surface area contributed by atoms with E-state index in [0.29, 0.717) is 0 Å². The van der Waals surface area contributed by atoms with Crippen molar-refractivity contribution in [3.63, 3.8) is 0 Å². The van der Waals surface area contributed by atoms with E-state index in [1.165, 1.54) is 0 Å². The minimum absolute atomic E-state index is 0.0347. The lowest BCUT2D eigenvalue weighted by molar-refractivity contribution is -0.152. The van der Waals surface area contributed by atoms with Crippen LogP contribution in [0.5, 0.6) is 0 Å². The van der Waals surface area contributed by atoms with Crippen LogP contribution in [0.4, 0.5) is 0 Å². The summed E-state index contributed by atoms with van der Waals surface area (Å²) in [4.78, 5) is 51.8. The molecule has 2 atom stereocenters. The molecule has 1 heterocycles. The van der Waals surface area contributed by atoms with Crippen LogP contribution in [0.25, 0.3) is 0 Å². The van der Waals surface area contributed by atoms with Gasteiger partial charge in [0.15, 0.2) is 6.61 Å². The zero-order valence-electron chi connectivity index (χ0n) is 17.7. The summed E-state index contributed by atoms with van der Waals surface area (Å²) in [5.74, 6) is -2.30. The molecule has 7 heteroatoms. The summed E-state index contributed by atoms with van der Waals surface area (Å²) in [6.07, 6.45) is 1.82. The Balaban J connectivity index is 1.77. The maximum Gasteiger partial charge on any atom is 0.330 e. The van der Waals surface area contributed by atoms with Crippen molar-refractivity contribution in [3.8, 4) is 0 Å². The Kier molecular flexibility index (Phi) is 7.18. The third-order valence-corrected chi connectivity index (χ3v) is 5.16. The van der Waals surface area contributed by atoms with Gasteiger partial charge in [-0.3, -0.25) is 19.3 Å². The van der Waals surface area contributed by atoms with Crippen molar-refractivity contribution in [1.82, 2.24) is 10.2 Å². The van der Waals surface area contributed by atoms with Crippen molar-refractivity contribution >= 4 is 23.7 Å². The first-order valence-corrected chi connectivity index (χ1v) is 10.4. The van der Waals surface area contributed by atoms with Crippen LogP contribution in [0, 0.1) is 0 Å². The van der Waals surface area contributed by atoms with E-state index >= 15 is 0 Å². The second-order valence-corrected chi connectivity index (χ2v) is 7.60. The molecule has 0 unspecified atom stereocenters. The van der Waals surface area contributed by atoms with E-state index in [-0.39, 0.29) is 23.6 Å². The van der Waals surface area contributed by atoms with Crippen molar-refractivity contribution in [2.75, 3.05) is 6.61 Å². The molecular weight excluding hydrogens is 396 g/mol. The predicted molar refractivity (Wildman–Crippen MR) is 114 cm³/mol. The van der Waals surface area contributed by atoms with Crippen LogP contribution < -0.4 is 5.32 Å². The van der Waals surface area contributed by atoms with Crippen LogP contribution in [0.2, 0.25) is 0 Å². The quantitative estimate of drug-likeness (QED) is 0.496. The molecule has 0 radical (unpaired) electrons. The first kappa shape index (κ1) is 22.2. The molecule has 0 saturated heterocycles. The van der Waals surface area contributed by atoms with Gasteiger partial charge in [-0.15, -0.1) is 0 Å². The number of benzene rings is 2. The third kappa shape index (κ3) is 5.17. The lowest BCUT2D eigenvalue weighted by atomic mass is 10.0. The molecule has 0 saturated carbocycles. The Bertz CT molecular complexity index is 938. The molecule has 7 nitrogen and oxygen atoms in total. The van der Waals surface area contributed by atoms with Gasteiger partial charge in [0.25, 0.3) is 17.7 Å². The van der Waals surface area contributed by atoms with E-state index in [1.807, 2.05) is 32.0 Å². The molecule has 2 aromatic rings. The number of rotatable bonds is 9. The molecule has 3 rings (SSSR count). The minimum Gasteiger partial charge on any atom is -0.454 e. The number of hydrogen-bond acceptors (Lipinski definition) is 5. The summed E-state index contributed by atoms with van der Waals surface area (Å²) in [6, 6.07) is 14.3. The number of imide groups is 1. The topological polar surface area (TPSA) is 92.8 Å². The second-order valence-electron chi connectivity index (χ2n) is 7.60. The summed E-state index contributed by atoms with van der Waals surface area (Å²) in [5.41, 5.74) is 1.27. The summed E-state index contributed by atoms with van der Waals surface area (Å²) in [5, 5.41) is 2.76. The number of carbonyl (C=O) groups excluding carboxylic acids is 4. The SMILES string of the molecule is CCC[C@H](C)NC(=O)COC(=O)[C@H](Cc1ccccc1)N1C(=O)c2ccccc2C1=O. The average Bonchev–Trinajstić information content (AvgIpc) is 3.01. The normalized spacial score (nSPS) is 14.7.